The van der Waals surface area contributed by atoms with E-state index in [4.69, 9.17) is 13.9 Å². The van der Waals surface area contributed by atoms with Gasteiger partial charge in [-0.05, 0) is 44.3 Å². The molecule has 0 spiro atoms. The van der Waals surface area contributed by atoms with Gasteiger partial charge in [0.2, 0.25) is 5.89 Å². The average molecular weight is 424 g/mol. The average Bonchev–Trinajstić information content (AvgIpc) is 3.19. The number of rotatable bonds is 10. The highest BCUT2D eigenvalue weighted by atomic mass is 16.5. The van der Waals surface area contributed by atoms with Crippen molar-refractivity contribution in [3.63, 3.8) is 0 Å². The van der Waals surface area contributed by atoms with Crippen molar-refractivity contribution in [3.05, 3.63) is 60.0 Å². The number of oxazole rings is 1. The van der Waals surface area contributed by atoms with Gasteiger partial charge in [0.05, 0.1) is 7.11 Å². The van der Waals surface area contributed by atoms with Crippen molar-refractivity contribution in [2.24, 2.45) is 0 Å². The lowest BCUT2D eigenvalue weighted by Gasteiger charge is -2.19. The van der Waals surface area contributed by atoms with Gasteiger partial charge in [-0.3, -0.25) is 4.79 Å². The molecule has 0 radical (unpaired) electrons. The van der Waals surface area contributed by atoms with Crippen LogP contribution in [0.5, 0.6) is 11.5 Å². The van der Waals surface area contributed by atoms with Crippen LogP contribution in [0.2, 0.25) is 0 Å². The summed E-state index contributed by atoms with van der Waals surface area (Å²) in [6.45, 7) is 9.24. The summed E-state index contributed by atoms with van der Waals surface area (Å²) in [6.07, 6.45) is 0. The van der Waals surface area contributed by atoms with E-state index in [2.05, 4.69) is 29.0 Å². The first kappa shape index (κ1) is 22.4. The largest absolute Gasteiger partial charge is 0.493 e. The lowest BCUT2D eigenvalue weighted by molar-refractivity contribution is 0.102. The van der Waals surface area contributed by atoms with Crippen LogP contribution in [0.25, 0.3) is 11.5 Å². The maximum atomic E-state index is 12.8. The molecule has 1 heterocycles. The number of ether oxygens (including phenoxy) is 2. The van der Waals surface area contributed by atoms with Crippen LogP contribution in [-0.2, 0) is 0 Å². The Labute approximate surface area is 183 Å². The van der Waals surface area contributed by atoms with Gasteiger partial charge < -0.3 is 24.1 Å². The zero-order chi connectivity index (χ0) is 22.2. The van der Waals surface area contributed by atoms with Gasteiger partial charge in [-0.15, -0.1) is 0 Å². The van der Waals surface area contributed by atoms with E-state index < -0.39 is 0 Å². The summed E-state index contributed by atoms with van der Waals surface area (Å²) < 4.78 is 17.0. The fraction of sp³-hybridized carbons (Fsp3) is 0.333. The summed E-state index contributed by atoms with van der Waals surface area (Å²) in [6, 6.07) is 14.8. The summed E-state index contributed by atoms with van der Waals surface area (Å²) in [7, 11) is 1.59. The Morgan fingerprint density at radius 2 is 1.84 bits per heavy atom. The van der Waals surface area contributed by atoms with Crippen LogP contribution in [0.4, 0.5) is 5.69 Å². The number of aryl methyl sites for hydroxylation is 1. The zero-order valence-corrected chi connectivity index (χ0v) is 18.5. The fourth-order valence-corrected chi connectivity index (χ4v) is 3.19. The highest BCUT2D eigenvalue weighted by Crippen LogP contribution is 2.31. The molecule has 31 heavy (non-hydrogen) atoms. The second kappa shape index (κ2) is 10.6. The highest BCUT2D eigenvalue weighted by molar-refractivity contribution is 6.04. The first-order valence-corrected chi connectivity index (χ1v) is 10.4. The van der Waals surface area contributed by atoms with Crippen molar-refractivity contribution in [3.8, 4) is 23.0 Å². The van der Waals surface area contributed by atoms with Gasteiger partial charge in [0, 0.05) is 23.9 Å². The van der Waals surface area contributed by atoms with E-state index in [-0.39, 0.29) is 11.6 Å². The molecule has 3 rings (SSSR count). The summed E-state index contributed by atoms with van der Waals surface area (Å²) in [5.74, 6) is 1.72. The van der Waals surface area contributed by atoms with E-state index in [0.29, 0.717) is 35.4 Å². The number of hydrogen-bond acceptors (Lipinski definition) is 6. The minimum absolute atomic E-state index is 0.249. The molecule has 1 amide bonds. The number of benzene rings is 2. The first-order chi connectivity index (χ1) is 15.0. The van der Waals surface area contributed by atoms with Gasteiger partial charge in [0.25, 0.3) is 5.91 Å². The van der Waals surface area contributed by atoms with E-state index in [1.165, 1.54) is 0 Å². The quantitative estimate of drug-likeness (QED) is 0.512. The molecule has 3 aromatic rings. The van der Waals surface area contributed by atoms with Crippen LogP contribution in [-0.4, -0.2) is 49.1 Å². The molecule has 0 aliphatic rings. The minimum Gasteiger partial charge on any atom is -0.493 e. The SMILES string of the molecule is CCN(CC)CCOc1cc(NC(=O)c2nc(-c3ccccc3)oc2C)ccc1OC. The molecule has 2 aromatic carbocycles. The maximum absolute atomic E-state index is 12.8. The number of hydrogen-bond donors (Lipinski definition) is 1. The van der Waals surface area contributed by atoms with Crippen molar-refractivity contribution in [2.75, 3.05) is 38.7 Å². The number of nitrogens with one attached hydrogen (secondary N) is 1. The number of carbonyl (C=O) groups is 1. The third-order valence-corrected chi connectivity index (χ3v) is 5.01. The molecule has 1 aromatic heterocycles. The standard InChI is InChI=1S/C24H29N3O4/c1-5-27(6-2)14-15-30-21-16-19(12-13-20(21)29-4)25-23(28)22-17(3)31-24(26-22)18-10-8-7-9-11-18/h7-13,16H,5-6,14-15H2,1-4H3,(H,25,28). The van der Waals surface area contributed by atoms with Crippen LogP contribution in [0, 0.1) is 6.92 Å². The third kappa shape index (κ3) is 5.64. The predicted molar refractivity (Wildman–Crippen MR) is 121 cm³/mol. The summed E-state index contributed by atoms with van der Waals surface area (Å²) >= 11 is 0. The number of aromatic nitrogens is 1. The lowest BCUT2D eigenvalue weighted by atomic mass is 10.2. The van der Waals surface area contributed by atoms with Gasteiger partial charge in [-0.25, -0.2) is 4.98 Å². The first-order valence-electron chi connectivity index (χ1n) is 10.4. The molecule has 0 aliphatic heterocycles. The van der Waals surface area contributed by atoms with Gasteiger partial charge in [0.15, 0.2) is 17.2 Å². The van der Waals surface area contributed by atoms with Gasteiger partial charge >= 0.3 is 0 Å². The van der Waals surface area contributed by atoms with Crippen LogP contribution < -0.4 is 14.8 Å². The Bertz CT molecular complexity index is 997. The molecule has 0 fully saturated rings. The topological polar surface area (TPSA) is 76.8 Å². The molecule has 0 saturated carbocycles. The van der Waals surface area contributed by atoms with Crippen molar-refractivity contribution < 1.29 is 18.7 Å². The summed E-state index contributed by atoms with van der Waals surface area (Å²) in [5, 5.41) is 2.87. The number of amides is 1. The van der Waals surface area contributed by atoms with Crippen molar-refractivity contribution in [1.82, 2.24) is 9.88 Å². The highest BCUT2D eigenvalue weighted by Gasteiger charge is 2.19. The molecule has 7 nitrogen and oxygen atoms in total. The molecule has 0 atom stereocenters. The van der Waals surface area contributed by atoms with Crippen LogP contribution in [0.15, 0.2) is 52.9 Å². The molecule has 0 aliphatic carbocycles. The molecular formula is C24H29N3O4. The Balaban J connectivity index is 1.72. The molecular weight excluding hydrogens is 394 g/mol. The smallest absolute Gasteiger partial charge is 0.277 e. The monoisotopic (exact) mass is 423 g/mol. The second-order valence-electron chi connectivity index (χ2n) is 6.98. The van der Waals surface area contributed by atoms with Crippen LogP contribution >= 0.6 is 0 Å². The van der Waals surface area contributed by atoms with E-state index in [9.17, 15) is 4.79 Å². The minimum atomic E-state index is -0.345. The van der Waals surface area contributed by atoms with Gasteiger partial charge in [-0.2, -0.15) is 0 Å². The Hall–Kier alpha value is -3.32. The summed E-state index contributed by atoms with van der Waals surface area (Å²) in [4.78, 5) is 19.5. The van der Waals surface area contributed by atoms with Gasteiger partial charge in [0.1, 0.15) is 12.4 Å². The van der Waals surface area contributed by atoms with Crippen molar-refractivity contribution in [2.45, 2.75) is 20.8 Å². The predicted octanol–water partition coefficient (Wildman–Crippen LogP) is 4.63. The third-order valence-electron chi connectivity index (χ3n) is 5.01. The number of likely N-dealkylation sites (N-methyl/N-ethyl adjacent to an activating group) is 1. The Morgan fingerprint density at radius 3 is 2.52 bits per heavy atom. The zero-order valence-electron chi connectivity index (χ0n) is 18.5. The van der Waals surface area contributed by atoms with Crippen LogP contribution in [0.3, 0.4) is 0 Å². The van der Waals surface area contributed by atoms with E-state index in [1.807, 2.05) is 30.3 Å². The second-order valence-corrected chi connectivity index (χ2v) is 6.98. The molecule has 0 unspecified atom stereocenters. The Kier molecular flexibility index (Phi) is 7.67. The van der Waals surface area contributed by atoms with E-state index >= 15 is 0 Å². The lowest BCUT2D eigenvalue weighted by Crippen LogP contribution is -2.28. The van der Waals surface area contributed by atoms with Gasteiger partial charge in [-0.1, -0.05) is 32.0 Å². The fourth-order valence-electron chi connectivity index (χ4n) is 3.19. The maximum Gasteiger partial charge on any atom is 0.277 e. The molecule has 1 N–H and O–H groups in total. The number of carbonyl (C=O) groups excluding carboxylic acids is 1. The normalized spacial score (nSPS) is 10.9. The van der Waals surface area contributed by atoms with Crippen molar-refractivity contribution >= 4 is 11.6 Å². The number of nitrogens with zero attached hydrogens (tertiary/aromatic N) is 2. The Morgan fingerprint density at radius 1 is 1.10 bits per heavy atom. The van der Waals surface area contributed by atoms with Crippen LogP contribution in [0.1, 0.15) is 30.1 Å². The number of anilines is 1. The number of methoxy groups -OCH3 is 1. The van der Waals surface area contributed by atoms with Crippen molar-refractivity contribution in [1.29, 1.82) is 0 Å². The molecule has 0 saturated heterocycles. The summed E-state index contributed by atoms with van der Waals surface area (Å²) in [5.41, 5.74) is 1.66. The van der Waals surface area contributed by atoms with E-state index in [0.717, 1.165) is 25.2 Å². The molecule has 0 bridgehead atoms. The molecule has 7 heteroatoms. The van der Waals surface area contributed by atoms with E-state index in [1.54, 1.807) is 32.2 Å². The molecule has 164 valence electrons.